The number of thioether (sulfide) groups is 1. The normalized spacial score (nSPS) is 28.1. The average molecular weight is 577 g/mol. The Hall–Kier alpha value is -3.10. The molecule has 2 aromatic carbocycles. The van der Waals surface area contributed by atoms with Crippen molar-refractivity contribution in [2.24, 2.45) is 17.8 Å². The Morgan fingerprint density at radius 2 is 1.88 bits per heavy atom. The van der Waals surface area contributed by atoms with Crippen LogP contribution in [0.3, 0.4) is 0 Å². The van der Waals surface area contributed by atoms with E-state index in [2.05, 4.69) is 20.1 Å². The summed E-state index contributed by atoms with van der Waals surface area (Å²) in [6.45, 7) is 10.7. The summed E-state index contributed by atoms with van der Waals surface area (Å²) < 4.78 is 4.79. The van der Waals surface area contributed by atoms with Crippen LogP contribution >= 0.6 is 11.8 Å². The first-order valence-corrected chi connectivity index (χ1v) is 15.5. The molecule has 5 rings (SSSR count). The summed E-state index contributed by atoms with van der Waals surface area (Å²) in [6.07, 6.45) is 7.15. The zero-order chi connectivity index (χ0) is 29.1. The van der Waals surface area contributed by atoms with Crippen LogP contribution < -0.4 is 4.90 Å². The van der Waals surface area contributed by atoms with Crippen LogP contribution in [0.15, 0.2) is 67.8 Å². The molecule has 3 aliphatic heterocycles. The average Bonchev–Trinajstić information content (AvgIpc) is 3.57. The molecule has 0 saturated carbocycles. The topological polar surface area (TPSA) is 87.2 Å². The van der Waals surface area contributed by atoms with Crippen LogP contribution in [0.1, 0.15) is 39.0 Å². The number of aliphatic hydroxyl groups is 1. The number of esters is 1. The number of carbonyl (C=O) groups excluding carboxylic acids is 3. The van der Waals surface area contributed by atoms with Crippen LogP contribution in [-0.2, 0) is 19.1 Å². The number of unbranched alkanes of at least 4 members (excludes halogenated alkanes) is 3. The first kappa shape index (κ1) is 29.4. The van der Waals surface area contributed by atoms with Crippen LogP contribution in [0.25, 0.3) is 10.8 Å². The van der Waals surface area contributed by atoms with Gasteiger partial charge in [-0.25, -0.2) is 0 Å². The molecule has 0 radical (unpaired) electrons. The quantitative estimate of drug-likeness (QED) is 0.206. The summed E-state index contributed by atoms with van der Waals surface area (Å²) in [6, 6.07) is 13.3. The molecule has 2 bridgehead atoms. The molecule has 3 saturated heterocycles. The highest BCUT2D eigenvalue weighted by Gasteiger charge is 2.76. The predicted molar refractivity (Wildman–Crippen MR) is 164 cm³/mol. The molecule has 0 aliphatic carbocycles. The number of nitrogens with zero attached hydrogens (tertiary/aromatic N) is 2. The van der Waals surface area contributed by atoms with E-state index in [1.807, 2.05) is 42.5 Å². The number of hydrogen-bond acceptors (Lipinski definition) is 6. The van der Waals surface area contributed by atoms with Gasteiger partial charge in [0.1, 0.15) is 12.6 Å². The third-order valence-electron chi connectivity index (χ3n) is 9.02. The van der Waals surface area contributed by atoms with Gasteiger partial charge in [-0.2, -0.15) is 0 Å². The van der Waals surface area contributed by atoms with Crippen LogP contribution in [0.4, 0.5) is 5.69 Å². The zero-order valence-corrected chi connectivity index (χ0v) is 24.6. The number of carbonyl (C=O) groups is 3. The Bertz CT molecular complexity index is 1330. The predicted octanol–water partition coefficient (Wildman–Crippen LogP) is 4.98. The van der Waals surface area contributed by atoms with E-state index >= 15 is 0 Å². The van der Waals surface area contributed by atoms with E-state index in [1.165, 1.54) is 6.08 Å². The van der Waals surface area contributed by atoms with Gasteiger partial charge in [-0.1, -0.05) is 68.8 Å². The highest BCUT2D eigenvalue weighted by Crippen LogP contribution is 2.68. The summed E-state index contributed by atoms with van der Waals surface area (Å²) in [5.74, 6) is -1.73. The number of benzene rings is 2. The van der Waals surface area contributed by atoms with Gasteiger partial charge in [-0.15, -0.1) is 18.3 Å². The number of fused-ring (bicyclic) bond motifs is 2. The molecule has 3 unspecified atom stereocenters. The van der Waals surface area contributed by atoms with Gasteiger partial charge in [0.05, 0.1) is 16.6 Å². The zero-order valence-electron chi connectivity index (χ0n) is 23.7. The number of likely N-dealkylation sites (tertiary alicyclic amines) is 1. The lowest BCUT2D eigenvalue weighted by atomic mass is 9.66. The van der Waals surface area contributed by atoms with Gasteiger partial charge >= 0.3 is 5.97 Å². The van der Waals surface area contributed by atoms with Gasteiger partial charge < -0.3 is 19.6 Å². The van der Waals surface area contributed by atoms with E-state index in [0.717, 1.165) is 42.1 Å². The maximum Gasteiger partial charge on any atom is 0.311 e. The van der Waals surface area contributed by atoms with Gasteiger partial charge in [0.15, 0.2) is 0 Å². The Kier molecular flexibility index (Phi) is 8.90. The smallest absolute Gasteiger partial charge is 0.311 e. The molecule has 1 N–H and O–H groups in total. The number of anilines is 1. The molecular weight excluding hydrogens is 536 g/mol. The largest absolute Gasteiger partial charge is 0.461 e. The minimum Gasteiger partial charge on any atom is -0.461 e. The number of aliphatic hydroxyl groups excluding tert-OH is 1. The lowest BCUT2D eigenvalue weighted by molar-refractivity contribution is -0.153. The van der Waals surface area contributed by atoms with Crippen molar-refractivity contribution in [2.45, 2.75) is 55.1 Å². The van der Waals surface area contributed by atoms with Crippen LogP contribution in [0.5, 0.6) is 0 Å². The monoisotopic (exact) mass is 576 g/mol. The molecule has 218 valence electrons. The van der Waals surface area contributed by atoms with Gasteiger partial charge in [0, 0.05) is 30.6 Å². The molecule has 8 heteroatoms. The maximum atomic E-state index is 14.8. The summed E-state index contributed by atoms with van der Waals surface area (Å²) in [4.78, 5) is 45.9. The SMILES string of the molecule is C=CCOC(=O)[C@@H]1[C@@H]2CC(C)C3(S2)C(C(=O)N(CC=C)c2ccc4ccccc4c2)N(CCCCCCO)C(=O)[C@H]13. The van der Waals surface area contributed by atoms with Gasteiger partial charge in [-0.3, -0.25) is 14.4 Å². The molecule has 2 amide bonds. The Labute approximate surface area is 246 Å². The third-order valence-corrected chi connectivity index (χ3v) is 11.1. The lowest BCUT2D eigenvalue weighted by Gasteiger charge is -2.40. The molecule has 2 aromatic rings. The first-order valence-electron chi connectivity index (χ1n) is 14.7. The van der Waals surface area contributed by atoms with Crippen molar-refractivity contribution < 1.29 is 24.2 Å². The molecule has 6 atom stereocenters. The maximum absolute atomic E-state index is 14.8. The number of amides is 2. The molecular formula is C33H40N2O5S. The van der Waals surface area contributed by atoms with Crippen molar-refractivity contribution >= 4 is 46.0 Å². The standard InChI is InChI=1S/C33H40N2O5S/c1-4-16-34(25-15-14-23-12-8-9-13-24(23)21-25)31(38)29-33-22(3)20-26(41-33)27(32(39)40-19-5-2)28(33)30(37)35(29)17-10-6-7-11-18-36/h4-5,8-9,12-15,21-22,26-29,36H,1-2,6-7,10-11,16-20H2,3H3/t22?,26-,27+,28-,29?,33?/m0/s1. The first-order chi connectivity index (χ1) is 19.9. The summed E-state index contributed by atoms with van der Waals surface area (Å²) in [5.41, 5.74) is 0.760. The Balaban J connectivity index is 1.54. The third kappa shape index (κ3) is 5.10. The second-order valence-electron chi connectivity index (χ2n) is 11.4. The van der Waals surface area contributed by atoms with E-state index in [9.17, 15) is 19.5 Å². The van der Waals surface area contributed by atoms with E-state index in [1.54, 1.807) is 27.6 Å². The number of ether oxygens (including phenoxy) is 1. The van der Waals surface area contributed by atoms with E-state index in [0.29, 0.717) is 19.5 Å². The highest BCUT2D eigenvalue weighted by molar-refractivity contribution is 8.02. The highest BCUT2D eigenvalue weighted by atomic mass is 32.2. The molecule has 41 heavy (non-hydrogen) atoms. The van der Waals surface area contributed by atoms with Gasteiger partial charge in [0.25, 0.3) is 5.91 Å². The van der Waals surface area contributed by atoms with Crippen molar-refractivity contribution in [2.75, 3.05) is 31.2 Å². The van der Waals surface area contributed by atoms with Crippen molar-refractivity contribution in [1.82, 2.24) is 4.90 Å². The van der Waals surface area contributed by atoms with E-state index in [-0.39, 0.29) is 42.2 Å². The van der Waals surface area contributed by atoms with Gasteiger partial charge in [0.2, 0.25) is 5.91 Å². The number of rotatable bonds is 13. The summed E-state index contributed by atoms with van der Waals surface area (Å²) in [7, 11) is 0. The molecule has 3 fully saturated rings. The molecule has 1 spiro atoms. The summed E-state index contributed by atoms with van der Waals surface area (Å²) in [5, 5.41) is 11.2. The fourth-order valence-corrected chi connectivity index (χ4v) is 9.64. The molecule has 7 nitrogen and oxygen atoms in total. The van der Waals surface area contributed by atoms with Crippen LogP contribution in [-0.4, -0.2) is 70.1 Å². The second-order valence-corrected chi connectivity index (χ2v) is 13.0. The molecule has 3 aliphatic rings. The minimum atomic E-state index is -0.710. The van der Waals surface area contributed by atoms with Crippen LogP contribution in [0.2, 0.25) is 0 Å². The fraction of sp³-hybridized carbons (Fsp3) is 0.485. The fourth-order valence-electron chi connectivity index (χ4n) is 7.24. The minimum absolute atomic E-state index is 0.0632. The van der Waals surface area contributed by atoms with Gasteiger partial charge in [-0.05, 0) is 48.1 Å². The Morgan fingerprint density at radius 3 is 2.61 bits per heavy atom. The summed E-state index contributed by atoms with van der Waals surface area (Å²) >= 11 is 1.66. The Morgan fingerprint density at radius 1 is 1.12 bits per heavy atom. The van der Waals surface area contributed by atoms with Crippen LogP contribution in [0, 0.1) is 17.8 Å². The van der Waals surface area contributed by atoms with Crippen molar-refractivity contribution in [3.8, 4) is 0 Å². The van der Waals surface area contributed by atoms with E-state index in [4.69, 9.17) is 4.74 Å². The molecule has 3 heterocycles. The molecule has 0 aromatic heterocycles. The van der Waals surface area contributed by atoms with Crippen molar-refractivity contribution in [1.29, 1.82) is 0 Å². The van der Waals surface area contributed by atoms with Crippen molar-refractivity contribution in [3.05, 3.63) is 67.8 Å². The lowest BCUT2D eigenvalue weighted by Crippen LogP contribution is -2.57. The van der Waals surface area contributed by atoms with E-state index < -0.39 is 22.6 Å². The second kappa shape index (κ2) is 12.4. The van der Waals surface area contributed by atoms with Crippen molar-refractivity contribution in [3.63, 3.8) is 0 Å². The number of hydrogen-bond donors (Lipinski definition) is 1.